The molecule has 0 atom stereocenters. The molecule has 3 aromatic rings. The lowest BCUT2D eigenvalue weighted by molar-refractivity contribution is -0.121. The van der Waals surface area contributed by atoms with Crippen LogP contribution in [0, 0.1) is 0 Å². The van der Waals surface area contributed by atoms with Gasteiger partial charge in [-0.3, -0.25) is 19.6 Å². The number of rotatable bonds is 6. The average molecular weight is 348 g/mol. The summed E-state index contributed by atoms with van der Waals surface area (Å²) in [4.78, 5) is 34.4. The molecule has 3 rings (SSSR count). The number of amides is 2. The number of nitrogens with zero attached hydrogens (tertiary/aromatic N) is 3. The Balaban J connectivity index is 1.67. The molecule has 132 valence electrons. The largest absolute Gasteiger partial charge is 0.350 e. The van der Waals surface area contributed by atoms with Crippen LogP contribution in [-0.4, -0.2) is 28.3 Å². The summed E-state index contributed by atoms with van der Waals surface area (Å²) in [6, 6.07) is 15.0. The molecular formula is C20H20N4O2. The standard InChI is InChI=1S/C20H20N4O2/c1-15(25)24(18-9-4-6-16-7-5-12-22-20(16)18)13-10-19(26)23-14-17-8-2-3-11-21-17/h2-9,11-12H,10,13-14H2,1H3,(H,23,26). The molecule has 2 heterocycles. The Labute approximate surface area is 151 Å². The summed E-state index contributed by atoms with van der Waals surface area (Å²) in [5, 5.41) is 3.78. The van der Waals surface area contributed by atoms with Crippen molar-refractivity contribution in [1.29, 1.82) is 0 Å². The van der Waals surface area contributed by atoms with Crippen molar-refractivity contribution in [2.45, 2.75) is 19.9 Å². The van der Waals surface area contributed by atoms with Gasteiger partial charge in [-0.25, -0.2) is 0 Å². The van der Waals surface area contributed by atoms with Gasteiger partial charge in [0.2, 0.25) is 11.8 Å². The molecule has 0 bridgehead atoms. The number of carbonyl (C=O) groups is 2. The molecule has 0 aliphatic heterocycles. The van der Waals surface area contributed by atoms with E-state index in [1.165, 1.54) is 6.92 Å². The van der Waals surface area contributed by atoms with Gasteiger partial charge in [0.05, 0.1) is 23.4 Å². The van der Waals surface area contributed by atoms with Crippen LogP contribution >= 0.6 is 0 Å². The van der Waals surface area contributed by atoms with E-state index in [0.29, 0.717) is 18.8 Å². The highest BCUT2D eigenvalue weighted by atomic mass is 16.2. The lowest BCUT2D eigenvalue weighted by atomic mass is 10.1. The minimum Gasteiger partial charge on any atom is -0.350 e. The Bertz CT molecular complexity index is 907. The summed E-state index contributed by atoms with van der Waals surface area (Å²) < 4.78 is 0. The number of para-hydroxylation sites is 1. The van der Waals surface area contributed by atoms with Crippen molar-refractivity contribution in [2.75, 3.05) is 11.4 Å². The van der Waals surface area contributed by atoms with Crippen LogP contribution in [0.4, 0.5) is 5.69 Å². The van der Waals surface area contributed by atoms with Gasteiger partial charge in [0.1, 0.15) is 0 Å². The molecule has 6 heteroatoms. The molecule has 0 radical (unpaired) electrons. The Morgan fingerprint density at radius 3 is 2.58 bits per heavy atom. The van der Waals surface area contributed by atoms with E-state index >= 15 is 0 Å². The van der Waals surface area contributed by atoms with E-state index in [1.807, 2.05) is 48.5 Å². The molecule has 2 aromatic heterocycles. The molecule has 0 spiro atoms. The maximum Gasteiger partial charge on any atom is 0.223 e. The first-order chi connectivity index (χ1) is 12.6. The molecule has 2 amide bonds. The third kappa shape index (κ3) is 4.22. The van der Waals surface area contributed by atoms with Gasteiger partial charge in [0.25, 0.3) is 0 Å². The molecule has 0 saturated carbocycles. The SMILES string of the molecule is CC(=O)N(CCC(=O)NCc1ccccn1)c1cccc2cccnc12. The zero-order chi connectivity index (χ0) is 18.4. The molecule has 0 aliphatic rings. The maximum absolute atomic E-state index is 12.1. The van der Waals surface area contributed by atoms with Crippen LogP contribution in [0.2, 0.25) is 0 Å². The van der Waals surface area contributed by atoms with E-state index in [4.69, 9.17) is 0 Å². The average Bonchev–Trinajstić information content (AvgIpc) is 2.67. The van der Waals surface area contributed by atoms with Gasteiger partial charge in [-0.15, -0.1) is 0 Å². The van der Waals surface area contributed by atoms with Crippen LogP contribution in [-0.2, 0) is 16.1 Å². The highest BCUT2D eigenvalue weighted by molar-refractivity contribution is 6.01. The van der Waals surface area contributed by atoms with E-state index in [1.54, 1.807) is 17.3 Å². The fraction of sp³-hybridized carbons (Fsp3) is 0.200. The molecule has 6 nitrogen and oxygen atoms in total. The first-order valence-corrected chi connectivity index (χ1v) is 8.43. The van der Waals surface area contributed by atoms with Gasteiger partial charge in [0, 0.05) is 37.7 Å². The molecule has 0 fully saturated rings. The van der Waals surface area contributed by atoms with Gasteiger partial charge in [-0.1, -0.05) is 24.3 Å². The van der Waals surface area contributed by atoms with E-state index in [-0.39, 0.29) is 18.2 Å². The fourth-order valence-electron chi connectivity index (χ4n) is 2.75. The summed E-state index contributed by atoms with van der Waals surface area (Å²) in [6.07, 6.45) is 3.59. The van der Waals surface area contributed by atoms with Crippen LogP contribution in [0.25, 0.3) is 10.9 Å². The van der Waals surface area contributed by atoms with Crippen LogP contribution in [0.3, 0.4) is 0 Å². The third-order valence-electron chi connectivity index (χ3n) is 4.04. The number of anilines is 1. The predicted octanol–water partition coefficient (Wildman–Crippen LogP) is 2.69. The smallest absolute Gasteiger partial charge is 0.223 e. The summed E-state index contributed by atoms with van der Waals surface area (Å²) in [7, 11) is 0. The van der Waals surface area contributed by atoms with Crippen molar-refractivity contribution in [3.05, 3.63) is 66.6 Å². The Morgan fingerprint density at radius 2 is 1.81 bits per heavy atom. The molecule has 0 aliphatic carbocycles. The second kappa shape index (κ2) is 8.20. The zero-order valence-corrected chi connectivity index (χ0v) is 14.6. The van der Waals surface area contributed by atoms with Crippen LogP contribution in [0.15, 0.2) is 60.9 Å². The zero-order valence-electron chi connectivity index (χ0n) is 14.6. The lowest BCUT2D eigenvalue weighted by Gasteiger charge is -2.22. The minimum absolute atomic E-state index is 0.124. The quantitative estimate of drug-likeness (QED) is 0.743. The Morgan fingerprint density at radius 1 is 1.00 bits per heavy atom. The van der Waals surface area contributed by atoms with Crippen molar-refractivity contribution in [2.24, 2.45) is 0 Å². The maximum atomic E-state index is 12.1. The second-order valence-electron chi connectivity index (χ2n) is 5.87. The minimum atomic E-state index is -0.130. The first-order valence-electron chi connectivity index (χ1n) is 8.43. The molecule has 0 unspecified atom stereocenters. The van der Waals surface area contributed by atoms with Crippen molar-refractivity contribution in [3.63, 3.8) is 0 Å². The van der Waals surface area contributed by atoms with Crippen LogP contribution in [0.1, 0.15) is 19.0 Å². The number of hydrogen-bond acceptors (Lipinski definition) is 4. The molecule has 1 N–H and O–H groups in total. The monoisotopic (exact) mass is 348 g/mol. The number of nitrogens with one attached hydrogen (secondary N) is 1. The topological polar surface area (TPSA) is 75.2 Å². The number of pyridine rings is 2. The van der Waals surface area contributed by atoms with Gasteiger partial charge >= 0.3 is 0 Å². The summed E-state index contributed by atoms with van der Waals surface area (Å²) >= 11 is 0. The van der Waals surface area contributed by atoms with E-state index in [2.05, 4.69) is 15.3 Å². The number of carbonyl (C=O) groups excluding carboxylic acids is 2. The highest BCUT2D eigenvalue weighted by Gasteiger charge is 2.16. The summed E-state index contributed by atoms with van der Waals surface area (Å²) in [6.45, 7) is 2.15. The number of hydrogen-bond donors (Lipinski definition) is 1. The number of benzene rings is 1. The van der Waals surface area contributed by atoms with Gasteiger partial charge in [0.15, 0.2) is 0 Å². The van der Waals surface area contributed by atoms with E-state index in [0.717, 1.165) is 16.6 Å². The Hall–Kier alpha value is -3.28. The fourth-order valence-corrected chi connectivity index (χ4v) is 2.75. The van der Waals surface area contributed by atoms with E-state index in [9.17, 15) is 9.59 Å². The predicted molar refractivity (Wildman–Crippen MR) is 100 cm³/mol. The second-order valence-corrected chi connectivity index (χ2v) is 5.87. The van der Waals surface area contributed by atoms with Crippen molar-refractivity contribution in [1.82, 2.24) is 15.3 Å². The summed E-state index contributed by atoms with van der Waals surface area (Å²) in [5.41, 5.74) is 2.26. The first kappa shape index (κ1) is 17.5. The Kier molecular flexibility index (Phi) is 5.53. The third-order valence-corrected chi connectivity index (χ3v) is 4.04. The van der Waals surface area contributed by atoms with Crippen molar-refractivity contribution >= 4 is 28.4 Å². The van der Waals surface area contributed by atoms with E-state index < -0.39 is 0 Å². The number of aromatic nitrogens is 2. The van der Waals surface area contributed by atoms with Crippen molar-refractivity contribution < 1.29 is 9.59 Å². The molecule has 1 aromatic carbocycles. The van der Waals surface area contributed by atoms with Gasteiger partial charge < -0.3 is 10.2 Å². The van der Waals surface area contributed by atoms with Gasteiger partial charge in [-0.2, -0.15) is 0 Å². The van der Waals surface area contributed by atoms with Crippen LogP contribution in [0.5, 0.6) is 0 Å². The lowest BCUT2D eigenvalue weighted by Crippen LogP contribution is -2.34. The van der Waals surface area contributed by atoms with Gasteiger partial charge in [-0.05, 0) is 24.3 Å². The molecule has 26 heavy (non-hydrogen) atoms. The van der Waals surface area contributed by atoms with Crippen LogP contribution < -0.4 is 10.2 Å². The highest BCUT2D eigenvalue weighted by Crippen LogP contribution is 2.25. The molecular weight excluding hydrogens is 328 g/mol. The van der Waals surface area contributed by atoms with Crippen molar-refractivity contribution in [3.8, 4) is 0 Å². The normalized spacial score (nSPS) is 10.5. The molecule has 0 saturated heterocycles. The summed E-state index contributed by atoms with van der Waals surface area (Å²) in [5.74, 6) is -0.254. The number of fused-ring (bicyclic) bond motifs is 1.